The number of rotatable bonds is 6. The molecule has 0 saturated carbocycles. The molecule has 162 valence electrons. The number of anilines is 1. The molecule has 10 heteroatoms. The lowest BCUT2D eigenvalue weighted by molar-refractivity contribution is 0.0746. The predicted molar refractivity (Wildman–Crippen MR) is 119 cm³/mol. The molecule has 0 atom stereocenters. The van der Waals surface area contributed by atoms with E-state index >= 15 is 0 Å². The van der Waals surface area contributed by atoms with Gasteiger partial charge in [-0.2, -0.15) is 4.31 Å². The maximum absolute atomic E-state index is 13.0. The Morgan fingerprint density at radius 2 is 1.77 bits per heavy atom. The molecule has 1 aromatic carbocycles. The maximum atomic E-state index is 13.0. The molecule has 0 bridgehead atoms. The van der Waals surface area contributed by atoms with Gasteiger partial charge in [-0.15, -0.1) is 0 Å². The van der Waals surface area contributed by atoms with Gasteiger partial charge in [0, 0.05) is 51.0 Å². The fraction of sp³-hybridized carbons (Fsp3) is 0.400. The van der Waals surface area contributed by atoms with E-state index in [1.165, 1.54) is 16.4 Å². The minimum atomic E-state index is -3.62. The van der Waals surface area contributed by atoms with E-state index in [9.17, 15) is 13.2 Å². The molecule has 1 aliphatic rings. The summed E-state index contributed by atoms with van der Waals surface area (Å²) in [6.45, 7) is 6.42. The summed E-state index contributed by atoms with van der Waals surface area (Å²) >= 11 is 12.1. The van der Waals surface area contributed by atoms with Crippen molar-refractivity contribution in [3.63, 3.8) is 0 Å². The summed E-state index contributed by atoms with van der Waals surface area (Å²) in [6, 6.07) is 7.88. The number of hydrogen-bond acceptors (Lipinski definition) is 5. The second-order valence-corrected chi connectivity index (χ2v) is 9.64. The molecular weight excluding hydrogens is 447 g/mol. The highest BCUT2D eigenvalue weighted by molar-refractivity contribution is 7.89. The molecule has 7 nitrogen and oxygen atoms in total. The third kappa shape index (κ3) is 4.72. The highest BCUT2D eigenvalue weighted by Crippen LogP contribution is 2.27. The van der Waals surface area contributed by atoms with E-state index < -0.39 is 10.0 Å². The van der Waals surface area contributed by atoms with Crippen molar-refractivity contribution in [2.75, 3.05) is 44.2 Å². The Bertz CT molecular complexity index is 1020. The number of pyridine rings is 1. The Balaban J connectivity index is 1.73. The van der Waals surface area contributed by atoms with Gasteiger partial charge in [-0.05, 0) is 24.3 Å². The Kier molecular flexibility index (Phi) is 7.23. The van der Waals surface area contributed by atoms with Crippen LogP contribution in [0.1, 0.15) is 24.2 Å². The average Bonchev–Trinajstić information content (AvgIpc) is 2.74. The van der Waals surface area contributed by atoms with Crippen LogP contribution < -0.4 is 4.90 Å². The summed E-state index contributed by atoms with van der Waals surface area (Å²) in [5.41, 5.74) is 0.360. The third-order valence-electron chi connectivity index (χ3n) is 5.08. The highest BCUT2D eigenvalue weighted by atomic mass is 35.5. The van der Waals surface area contributed by atoms with E-state index in [-0.39, 0.29) is 10.8 Å². The topological polar surface area (TPSA) is 73.8 Å². The van der Waals surface area contributed by atoms with E-state index in [2.05, 4.69) is 4.98 Å². The van der Waals surface area contributed by atoms with E-state index in [0.29, 0.717) is 60.7 Å². The first-order valence-corrected chi connectivity index (χ1v) is 11.9. The van der Waals surface area contributed by atoms with Crippen LogP contribution in [-0.2, 0) is 10.0 Å². The van der Waals surface area contributed by atoms with E-state index in [1.54, 1.807) is 43.1 Å². The molecule has 2 heterocycles. The number of nitrogens with zero attached hydrogens (tertiary/aromatic N) is 4. The van der Waals surface area contributed by atoms with Gasteiger partial charge >= 0.3 is 0 Å². The van der Waals surface area contributed by atoms with Crippen LogP contribution in [0.4, 0.5) is 5.82 Å². The van der Waals surface area contributed by atoms with Gasteiger partial charge in [-0.3, -0.25) is 4.79 Å². The molecule has 0 N–H and O–H groups in total. The van der Waals surface area contributed by atoms with Crippen LogP contribution >= 0.6 is 23.2 Å². The largest absolute Gasteiger partial charge is 0.352 e. The highest BCUT2D eigenvalue weighted by Gasteiger charge is 2.26. The average molecular weight is 471 g/mol. The molecule has 2 aromatic rings. The summed E-state index contributed by atoms with van der Waals surface area (Å²) in [4.78, 5) is 21.1. The quantitative estimate of drug-likeness (QED) is 0.646. The number of hydrogen-bond donors (Lipinski definition) is 0. The maximum Gasteiger partial charge on any atom is 0.254 e. The lowest BCUT2D eigenvalue weighted by Crippen LogP contribution is -2.49. The minimum Gasteiger partial charge on any atom is -0.352 e. The summed E-state index contributed by atoms with van der Waals surface area (Å²) in [5, 5.41) is 0.939. The number of halogens is 2. The number of sulfonamides is 1. The van der Waals surface area contributed by atoms with Gasteiger partial charge in [0.2, 0.25) is 10.0 Å². The number of benzene rings is 1. The second kappa shape index (κ2) is 9.51. The monoisotopic (exact) mass is 470 g/mol. The molecule has 30 heavy (non-hydrogen) atoms. The van der Waals surface area contributed by atoms with Gasteiger partial charge < -0.3 is 9.80 Å². The van der Waals surface area contributed by atoms with Crippen molar-refractivity contribution < 1.29 is 13.2 Å². The lowest BCUT2D eigenvalue weighted by atomic mass is 10.2. The minimum absolute atomic E-state index is 0.132. The van der Waals surface area contributed by atoms with Crippen LogP contribution in [0.3, 0.4) is 0 Å². The predicted octanol–water partition coefficient (Wildman–Crippen LogP) is 3.38. The zero-order valence-electron chi connectivity index (χ0n) is 16.9. The van der Waals surface area contributed by atoms with Gasteiger partial charge in [0.1, 0.15) is 5.82 Å². The fourth-order valence-electron chi connectivity index (χ4n) is 3.45. The van der Waals surface area contributed by atoms with Crippen molar-refractivity contribution in [3.05, 3.63) is 52.1 Å². The van der Waals surface area contributed by atoms with Crippen LogP contribution in [-0.4, -0.2) is 67.8 Å². The van der Waals surface area contributed by atoms with Gasteiger partial charge in [0.05, 0.1) is 14.9 Å². The Hall–Kier alpha value is -1.87. The molecule has 1 aliphatic heterocycles. The summed E-state index contributed by atoms with van der Waals surface area (Å²) in [7, 11) is -3.62. The summed E-state index contributed by atoms with van der Waals surface area (Å²) < 4.78 is 26.9. The van der Waals surface area contributed by atoms with E-state index in [1.807, 2.05) is 4.90 Å². The SMILES string of the molecule is CCN(CC)S(=O)(=O)c1cccc(C(=O)N2CCN(c3ncc(Cl)cc3Cl)CC2)c1. The second-order valence-electron chi connectivity index (χ2n) is 6.86. The van der Waals surface area contributed by atoms with Crippen LogP contribution in [0.5, 0.6) is 0 Å². The van der Waals surface area contributed by atoms with Gasteiger partial charge in [-0.1, -0.05) is 43.1 Å². The normalized spacial score (nSPS) is 15.0. The molecule has 1 aromatic heterocycles. The molecule has 1 amide bonds. The molecule has 1 saturated heterocycles. The molecule has 3 rings (SSSR count). The van der Waals surface area contributed by atoms with Crippen LogP contribution in [0, 0.1) is 0 Å². The Morgan fingerprint density at radius 1 is 1.10 bits per heavy atom. The standard InChI is InChI=1S/C20H24Cl2N4O3S/c1-3-26(4-2)30(28,29)17-7-5-6-15(12-17)20(27)25-10-8-24(9-11-25)19-18(22)13-16(21)14-23-19/h5-7,12-14H,3-4,8-11H2,1-2H3. The first kappa shape index (κ1) is 22.8. The van der Waals surface area contributed by atoms with Crippen LogP contribution in [0.25, 0.3) is 0 Å². The zero-order chi connectivity index (χ0) is 21.9. The van der Waals surface area contributed by atoms with Gasteiger partial charge in [0.15, 0.2) is 0 Å². The van der Waals surface area contributed by atoms with Crippen molar-refractivity contribution in [1.82, 2.24) is 14.2 Å². The number of carbonyl (C=O) groups excluding carboxylic acids is 1. The number of piperazine rings is 1. The van der Waals surface area contributed by atoms with Crippen molar-refractivity contribution in [3.8, 4) is 0 Å². The van der Waals surface area contributed by atoms with Crippen molar-refractivity contribution in [1.29, 1.82) is 0 Å². The van der Waals surface area contributed by atoms with Crippen LogP contribution in [0.2, 0.25) is 10.0 Å². The van der Waals surface area contributed by atoms with Gasteiger partial charge in [-0.25, -0.2) is 13.4 Å². The molecule has 1 fully saturated rings. The van der Waals surface area contributed by atoms with E-state index in [4.69, 9.17) is 23.2 Å². The molecular formula is C20H24Cl2N4O3S. The molecule has 0 aliphatic carbocycles. The molecule has 0 unspecified atom stereocenters. The van der Waals surface area contributed by atoms with Gasteiger partial charge in [0.25, 0.3) is 5.91 Å². The first-order chi connectivity index (χ1) is 14.3. The Labute approximate surface area is 187 Å². The number of carbonyl (C=O) groups is 1. The molecule has 0 spiro atoms. The lowest BCUT2D eigenvalue weighted by Gasteiger charge is -2.35. The smallest absolute Gasteiger partial charge is 0.254 e. The van der Waals surface area contributed by atoms with Crippen molar-refractivity contribution in [2.45, 2.75) is 18.7 Å². The zero-order valence-corrected chi connectivity index (χ0v) is 19.2. The summed E-state index contributed by atoms with van der Waals surface area (Å²) in [6.07, 6.45) is 1.54. The van der Waals surface area contributed by atoms with Crippen molar-refractivity contribution >= 4 is 45.0 Å². The first-order valence-electron chi connectivity index (χ1n) is 9.73. The van der Waals surface area contributed by atoms with Crippen LogP contribution in [0.15, 0.2) is 41.4 Å². The third-order valence-corrected chi connectivity index (χ3v) is 7.61. The van der Waals surface area contributed by atoms with Crippen molar-refractivity contribution in [2.24, 2.45) is 0 Å². The fourth-order valence-corrected chi connectivity index (χ4v) is 5.45. The number of aromatic nitrogens is 1. The Morgan fingerprint density at radius 3 is 2.37 bits per heavy atom. The number of amides is 1. The molecule has 0 radical (unpaired) electrons. The summed E-state index contributed by atoms with van der Waals surface area (Å²) in [5.74, 6) is 0.446. The van der Waals surface area contributed by atoms with E-state index in [0.717, 1.165) is 0 Å².